The number of rotatable bonds is 2. The van der Waals surface area contributed by atoms with Crippen LogP contribution in [0.4, 0.5) is 8.78 Å². The Morgan fingerprint density at radius 1 is 1.23 bits per heavy atom. The van der Waals surface area contributed by atoms with Crippen LogP contribution in [-0.4, -0.2) is 16.9 Å². The Bertz CT molecular complexity index is 374. The summed E-state index contributed by atoms with van der Waals surface area (Å²) in [5.41, 5.74) is -0.771. The monoisotopic (exact) mass is 186 g/mol. The lowest BCUT2D eigenvalue weighted by Crippen LogP contribution is -2.14. The molecule has 1 aromatic rings. The molecule has 0 atom stereocenters. The Kier molecular flexibility index (Phi) is 2.36. The number of aliphatic carboxylic acids is 1. The van der Waals surface area contributed by atoms with Gasteiger partial charge in [0.15, 0.2) is 0 Å². The van der Waals surface area contributed by atoms with Crippen molar-refractivity contribution < 1.29 is 23.5 Å². The van der Waals surface area contributed by atoms with E-state index in [0.29, 0.717) is 12.1 Å². The molecule has 1 N–H and O–H groups in total. The lowest BCUT2D eigenvalue weighted by molar-refractivity contribution is -0.131. The predicted molar refractivity (Wildman–Crippen MR) is 38.3 cm³/mol. The summed E-state index contributed by atoms with van der Waals surface area (Å²) >= 11 is 0. The number of Topliss-reactive ketones (excluding diaryl/α,β-unsaturated/α-hetero) is 1. The number of carboxylic acid groups (broad SMARTS) is 1. The van der Waals surface area contributed by atoms with Gasteiger partial charge in [-0.15, -0.1) is 0 Å². The molecule has 0 aliphatic carbocycles. The molecule has 13 heavy (non-hydrogen) atoms. The second kappa shape index (κ2) is 3.30. The summed E-state index contributed by atoms with van der Waals surface area (Å²) in [6, 6.07) is 2.05. The Morgan fingerprint density at radius 2 is 1.85 bits per heavy atom. The average molecular weight is 186 g/mol. The van der Waals surface area contributed by atoms with Crippen LogP contribution in [0.1, 0.15) is 10.4 Å². The van der Waals surface area contributed by atoms with E-state index < -0.39 is 29.0 Å². The molecule has 0 fully saturated rings. The van der Waals surface area contributed by atoms with Gasteiger partial charge in [0.2, 0.25) is 0 Å². The number of carboxylic acids is 1. The van der Waals surface area contributed by atoms with E-state index in [9.17, 15) is 18.4 Å². The topological polar surface area (TPSA) is 54.4 Å². The van der Waals surface area contributed by atoms with Crippen LogP contribution in [0.5, 0.6) is 0 Å². The zero-order valence-electron chi connectivity index (χ0n) is 6.25. The van der Waals surface area contributed by atoms with Crippen LogP contribution < -0.4 is 0 Å². The standard InChI is InChI=1S/C8H4F2O3/c9-4-1-2-6(10)5(3-4)7(11)8(12)13/h1-3H,(H,12,13). The summed E-state index contributed by atoms with van der Waals surface area (Å²) in [6.07, 6.45) is 0. The van der Waals surface area contributed by atoms with Crippen LogP contribution in [0, 0.1) is 11.6 Å². The van der Waals surface area contributed by atoms with Gasteiger partial charge >= 0.3 is 5.97 Å². The maximum absolute atomic E-state index is 12.7. The highest BCUT2D eigenvalue weighted by atomic mass is 19.1. The summed E-state index contributed by atoms with van der Waals surface area (Å²) in [5, 5.41) is 8.21. The lowest BCUT2D eigenvalue weighted by Gasteiger charge is -1.97. The predicted octanol–water partition coefficient (Wildman–Crippen LogP) is 1.23. The number of hydrogen-bond acceptors (Lipinski definition) is 2. The van der Waals surface area contributed by atoms with Gasteiger partial charge < -0.3 is 5.11 Å². The largest absolute Gasteiger partial charge is 0.475 e. The SMILES string of the molecule is O=C(O)C(=O)c1cc(F)ccc1F. The fourth-order valence-corrected chi connectivity index (χ4v) is 0.787. The zero-order valence-corrected chi connectivity index (χ0v) is 6.25. The second-order valence-electron chi connectivity index (χ2n) is 2.26. The van der Waals surface area contributed by atoms with Crippen LogP contribution in [0.15, 0.2) is 18.2 Å². The van der Waals surface area contributed by atoms with Crippen molar-refractivity contribution in [1.29, 1.82) is 0 Å². The smallest absolute Gasteiger partial charge is 0.377 e. The molecule has 0 aliphatic rings. The van der Waals surface area contributed by atoms with E-state index in [1.807, 2.05) is 0 Å². The number of hydrogen-bond donors (Lipinski definition) is 1. The molecule has 0 bridgehead atoms. The maximum Gasteiger partial charge on any atom is 0.377 e. The first kappa shape index (κ1) is 9.31. The van der Waals surface area contributed by atoms with Gasteiger partial charge in [0.1, 0.15) is 11.6 Å². The summed E-state index contributed by atoms with van der Waals surface area (Å²) in [5.74, 6) is -5.18. The second-order valence-corrected chi connectivity index (χ2v) is 2.26. The van der Waals surface area contributed by atoms with Gasteiger partial charge in [0.05, 0.1) is 5.56 Å². The molecule has 0 saturated heterocycles. The number of carbonyl (C=O) groups is 2. The molecule has 0 spiro atoms. The summed E-state index contributed by atoms with van der Waals surface area (Å²) in [4.78, 5) is 20.8. The zero-order chi connectivity index (χ0) is 10.0. The van der Waals surface area contributed by atoms with Crippen molar-refractivity contribution in [3.8, 4) is 0 Å². The van der Waals surface area contributed by atoms with E-state index >= 15 is 0 Å². The van der Waals surface area contributed by atoms with Crippen molar-refractivity contribution in [2.45, 2.75) is 0 Å². The number of halogens is 2. The average Bonchev–Trinajstić information content (AvgIpc) is 2.08. The minimum atomic E-state index is -1.82. The minimum Gasteiger partial charge on any atom is -0.475 e. The third-order valence-electron chi connectivity index (χ3n) is 1.37. The van der Waals surface area contributed by atoms with Gasteiger partial charge in [-0.1, -0.05) is 0 Å². The summed E-state index contributed by atoms with van der Waals surface area (Å²) < 4.78 is 25.2. The van der Waals surface area contributed by atoms with Gasteiger partial charge in [0, 0.05) is 0 Å². The molecule has 0 radical (unpaired) electrons. The van der Waals surface area contributed by atoms with Crippen molar-refractivity contribution in [3.63, 3.8) is 0 Å². The summed E-state index contributed by atoms with van der Waals surface area (Å²) in [6.45, 7) is 0. The normalized spacial score (nSPS) is 9.69. The van der Waals surface area contributed by atoms with Gasteiger partial charge in [-0.3, -0.25) is 4.79 Å². The van der Waals surface area contributed by atoms with Crippen molar-refractivity contribution in [1.82, 2.24) is 0 Å². The molecular weight excluding hydrogens is 182 g/mol. The molecule has 1 aromatic carbocycles. The number of carbonyl (C=O) groups excluding carboxylic acids is 1. The van der Waals surface area contributed by atoms with E-state index in [4.69, 9.17) is 5.11 Å². The summed E-state index contributed by atoms with van der Waals surface area (Å²) in [7, 11) is 0. The lowest BCUT2D eigenvalue weighted by atomic mass is 10.1. The van der Waals surface area contributed by atoms with E-state index in [-0.39, 0.29) is 0 Å². The molecule has 5 heteroatoms. The van der Waals surface area contributed by atoms with E-state index in [0.717, 1.165) is 6.07 Å². The van der Waals surface area contributed by atoms with Gasteiger partial charge in [0.25, 0.3) is 5.78 Å². The first-order chi connectivity index (χ1) is 6.02. The molecule has 1 rings (SSSR count). The van der Waals surface area contributed by atoms with Crippen LogP contribution in [-0.2, 0) is 4.79 Å². The fraction of sp³-hybridized carbons (Fsp3) is 0. The molecule has 0 heterocycles. The fourth-order valence-electron chi connectivity index (χ4n) is 0.787. The Hall–Kier alpha value is -1.78. The highest BCUT2D eigenvalue weighted by molar-refractivity contribution is 6.39. The molecule has 3 nitrogen and oxygen atoms in total. The van der Waals surface area contributed by atoms with Gasteiger partial charge in [-0.05, 0) is 18.2 Å². The molecule has 0 aromatic heterocycles. The third kappa shape index (κ3) is 1.87. The van der Waals surface area contributed by atoms with Crippen LogP contribution in [0.2, 0.25) is 0 Å². The van der Waals surface area contributed by atoms with Gasteiger partial charge in [-0.2, -0.15) is 0 Å². The van der Waals surface area contributed by atoms with Gasteiger partial charge in [-0.25, -0.2) is 13.6 Å². The minimum absolute atomic E-state index is 0.547. The Labute approximate surface area is 71.6 Å². The van der Waals surface area contributed by atoms with Crippen LogP contribution >= 0.6 is 0 Å². The third-order valence-corrected chi connectivity index (χ3v) is 1.37. The molecule has 0 saturated carbocycles. The number of ketones is 1. The Morgan fingerprint density at radius 3 is 2.38 bits per heavy atom. The maximum atomic E-state index is 12.7. The first-order valence-corrected chi connectivity index (χ1v) is 3.25. The van der Waals surface area contributed by atoms with Crippen LogP contribution in [0.25, 0.3) is 0 Å². The molecule has 0 unspecified atom stereocenters. The molecule has 0 aliphatic heterocycles. The van der Waals surface area contributed by atoms with Crippen molar-refractivity contribution in [2.24, 2.45) is 0 Å². The van der Waals surface area contributed by atoms with Crippen molar-refractivity contribution in [3.05, 3.63) is 35.4 Å². The Balaban J connectivity index is 3.21. The van der Waals surface area contributed by atoms with Crippen molar-refractivity contribution in [2.75, 3.05) is 0 Å². The highest BCUT2D eigenvalue weighted by Crippen LogP contribution is 2.10. The molecular formula is C8H4F2O3. The van der Waals surface area contributed by atoms with Crippen molar-refractivity contribution >= 4 is 11.8 Å². The molecule has 68 valence electrons. The molecule has 0 amide bonds. The number of benzene rings is 1. The van der Waals surface area contributed by atoms with E-state index in [2.05, 4.69) is 0 Å². The quantitative estimate of drug-likeness (QED) is 0.558. The van der Waals surface area contributed by atoms with E-state index in [1.54, 1.807) is 0 Å². The van der Waals surface area contributed by atoms with Crippen LogP contribution in [0.3, 0.4) is 0 Å². The van der Waals surface area contributed by atoms with E-state index in [1.165, 1.54) is 0 Å². The highest BCUT2D eigenvalue weighted by Gasteiger charge is 2.19. The first-order valence-electron chi connectivity index (χ1n) is 3.25.